The first-order valence-electron chi connectivity index (χ1n) is 11.8. The van der Waals surface area contributed by atoms with Gasteiger partial charge in [0.15, 0.2) is 5.49 Å². The minimum atomic E-state index is -4.42. The van der Waals surface area contributed by atoms with Crippen LogP contribution >= 0.6 is 0 Å². The number of rotatable bonds is 6. The summed E-state index contributed by atoms with van der Waals surface area (Å²) in [7, 11) is 0. The van der Waals surface area contributed by atoms with E-state index in [1.807, 2.05) is 44.2 Å². The fourth-order valence-corrected chi connectivity index (χ4v) is 4.14. The lowest BCUT2D eigenvalue weighted by Gasteiger charge is -2.15. The highest BCUT2D eigenvalue weighted by atomic mass is 19.4. The van der Waals surface area contributed by atoms with Gasteiger partial charge in [-0.1, -0.05) is 53.6 Å². The molecule has 2 aromatic carbocycles. The molecule has 36 heavy (non-hydrogen) atoms. The standard InChI is InChI=1S/C28H28F3N3O2/c1-19-8-6-9-20(2)26-24(32-17-22-12-7-13-23(14-22)28(29,30)31)15-25(35)34(27(26)33-16-19)36-18-21-10-4-3-5-11-21/h3-5,7,10-16,32H,6,8-9,17-18H2,1-2H3/b19-16-,26-20-,33-27-. The van der Waals surface area contributed by atoms with Gasteiger partial charge in [-0.15, -0.1) is 4.73 Å². The van der Waals surface area contributed by atoms with Gasteiger partial charge in [0.1, 0.15) is 6.61 Å². The number of hydrogen-bond donors (Lipinski definition) is 1. The first-order chi connectivity index (χ1) is 17.2. The molecule has 4 rings (SSSR count). The normalized spacial score (nSPS) is 17.9. The molecule has 1 aromatic heterocycles. The van der Waals surface area contributed by atoms with Crippen molar-refractivity contribution in [1.82, 2.24) is 4.73 Å². The molecule has 0 aliphatic carbocycles. The second-order valence-corrected chi connectivity index (χ2v) is 8.94. The Morgan fingerprint density at radius 1 is 1.00 bits per heavy atom. The molecule has 0 atom stereocenters. The molecule has 0 radical (unpaired) electrons. The van der Waals surface area contributed by atoms with E-state index in [0.717, 1.165) is 53.3 Å². The van der Waals surface area contributed by atoms with Gasteiger partial charge in [0.25, 0.3) is 5.56 Å². The zero-order valence-corrected chi connectivity index (χ0v) is 20.2. The smallest absolute Gasteiger partial charge is 0.404 e. The number of hydrogen-bond acceptors (Lipinski definition) is 4. The maximum atomic E-state index is 13.2. The van der Waals surface area contributed by atoms with E-state index in [2.05, 4.69) is 10.3 Å². The molecule has 0 saturated carbocycles. The van der Waals surface area contributed by atoms with Crippen molar-refractivity contribution < 1.29 is 18.0 Å². The molecule has 3 aromatic rings. The van der Waals surface area contributed by atoms with Crippen LogP contribution in [0.5, 0.6) is 0 Å². The lowest BCUT2D eigenvalue weighted by atomic mass is 10.0. The number of pyridine rings is 1. The zero-order valence-electron chi connectivity index (χ0n) is 20.2. The quantitative estimate of drug-likeness (QED) is 0.525. The molecule has 1 aliphatic rings. The molecule has 188 valence electrons. The van der Waals surface area contributed by atoms with Crippen molar-refractivity contribution in [3.63, 3.8) is 0 Å². The van der Waals surface area contributed by atoms with Gasteiger partial charge in [-0.25, -0.2) is 4.99 Å². The van der Waals surface area contributed by atoms with Crippen molar-refractivity contribution >= 4 is 11.3 Å². The Morgan fingerprint density at radius 2 is 1.75 bits per heavy atom. The summed E-state index contributed by atoms with van der Waals surface area (Å²) < 4.78 is 40.7. The summed E-state index contributed by atoms with van der Waals surface area (Å²) in [6.45, 7) is 4.28. The summed E-state index contributed by atoms with van der Waals surface area (Å²) in [5, 5.41) is 3.90. The van der Waals surface area contributed by atoms with Crippen LogP contribution in [-0.2, 0) is 19.3 Å². The summed E-state index contributed by atoms with van der Waals surface area (Å²) in [6, 6.07) is 16.1. The van der Waals surface area contributed by atoms with E-state index in [1.54, 1.807) is 12.3 Å². The molecule has 0 spiro atoms. The lowest BCUT2D eigenvalue weighted by molar-refractivity contribution is -0.137. The Kier molecular flexibility index (Phi) is 7.62. The number of benzene rings is 2. The number of fused-ring (bicyclic) bond motifs is 1. The molecular formula is C28H28F3N3O2. The molecule has 8 heteroatoms. The van der Waals surface area contributed by atoms with Crippen LogP contribution in [-0.4, -0.2) is 4.73 Å². The molecule has 0 unspecified atom stereocenters. The van der Waals surface area contributed by atoms with Crippen molar-refractivity contribution in [2.45, 2.75) is 52.4 Å². The van der Waals surface area contributed by atoms with E-state index >= 15 is 0 Å². The minimum absolute atomic E-state index is 0.118. The maximum absolute atomic E-state index is 13.2. The third-order valence-electron chi connectivity index (χ3n) is 6.05. The molecule has 0 saturated heterocycles. The van der Waals surface area contributed by atoms with Crippen LogP contribution in [0.3, 0.4) is 0 Å². The van der Waals surface area contributed by atoms with Crippen molar-refractivity contribution in [3.8, 4) is 0 Å². The number of alkyl halides is 3. The van der Waals surface area contributed by atoms with E-state index in [9.17, 15) is 18.0 Å². The van der Waals surface area contributed by atoms with E-state index in [1.165, 1.54) is 16.9 Å². The molecule has 2 heterocycles. The van der Waals surface area contributed by atoms with Crippen LogP contribution in [0.4, 0.5) is 18.9 Å². The van der Waals surface area contributed by atoms with Gasteiger partial charge in [-0.2, -0.15) is 13.2 Å². The van der Waals surface area contributed by atoms with Crippen LogP contribution in [0.25, 0.3) is 5.57 Å². The monoisotopic (exact) mass is 495 g/mol. The van der Waals surface area contributed by atoms with E-state index in [-0.39, 0.29) is 13.2 Å². The van der Waals surface area contributed by atoms with E-state index < -0.39 is 17.3 Å². The fraction of sp³-hybridized carbons (Fsp3) is 0.286. The predicted molar refractivity (Wildman–Crippen MR) is 134 cm³/mol. The average molecular weight is 496 g/mol. The van der Waals surface area contributed by atoms with Gasteiger partial charge in [0, 0.05) is 24.0 Å². The highest BCUT2D eigenvalue weighted by Crippen LogP contribution is 2.29. The van der Waals surface area contributed by atoms with Gasteiger partial charge in [-0.05, 0) is 56.4 Å². The minimum Gasteiger partial charge on any atom is -0.404 e. The van der Waals surface area contributed by atoms with Crippen molar-refractivity contribution in [2.24, 2.45) is 4.99 Å². The van der Waals surface area contributed by atoms with Crippen molar-refractivity contribution in [1.29, 1.82) is 0 Å². The average Bonchev–Trinajstić information content (AvgIpc) is 2.92. The summed E-state index contributed by atoms with van der Waals surface area (Å²) >= 11 is 0. The topological polar surface area (TPSA) is 55.6 Å². The summed E-state index contributed by atoms with van der Waals surface area (Å²) in [6.07, 6.45) is -0.108. The van der Waals surface area contributed by atoms with Gasteiger partial charge < -0.3 is 10.2 Å². The number of halogens is 3. The molecule has 0 fully saturated rings. The predicted octanol–water partition coefficient (Wildman–Crippen LogP) is 4.99. The second-order valence-electron chi connectivity index (χ2n) is 8.94. The Balaban J connectivity index is 1.78. The van der Waals surface area contributed by atoms with Crippen molar-refractivity contribution in [3.05, 3.63) is 110 Å². The van der Waals surface area contributed by atoms with Crippen LogP contribution in [0.2, 0.25) is 0 Å². The van der Waals surface area contributed by atoms with Crippen LogP contribution in [0.1, 0.15) is 49.8 Å². The van der Waals surface area contributed by atoms with Gasteiger partial charge >= 0.3 is 6.18 Å². The summed E-state index contributed by atoms with van der Waals surface area (Å²) in [4.78, 5) is 23.7. The van der Waals surface area contributed by atoms with Gasteiger partial charge in [0.05, 0.1) is 11.3 Å². The summed E-state index contributed by atoms with van der Waals surface area (Å²) in [5.74, 6) is 0. The SMILES string of the molecule is C/C1=C/N=c2/c(c(NCc3cccc(C(F)(F)F)c3)cc(=O)n2OCc2ccccc2)=C(/C)CCC1. The first-order valence-corrected chi connectivity index (χ1v) is 11.8. The number of aromatic nitrogens is 1. The lowest BCUT2D eigenvalue weighted by Crippen LogP contribution is -2.48. The van der Waals surface area contributed by atoms with E-state index in [4.69, 9.17) is 4.84 Å². The Bertz CT molecular complexity index is 1440. The highest BCUT2D eigenvalue weighted by Gasteiger charge is 2.30. The van der Waals surface area contributed by atoms with E-state index in [0.29, 0.717) is 16.7 Å². The van der Waals surface area contributed by atoms with Crippen LogP contribution < -0.4 is 26.4 Å². The Hall–Kier alpha value is -3.81. The number of allylic oxidation sites excluding steroid dienone is 1. The molecular weight excluding hydrogens is 467 g/mol. The Morgan fingerprint density at radius 3 is 2.50 bits per heavy atom. The molecule has 0 amide bonds. The third kappa shape index (κ3) is 6.05. The Labute approximate surface area is 207 Å². The largest absolute Gasteiger partial charge is 0.416 e. The third-order valence-corrected chi connectivity index (χ3v) is 6.05. The fourth-order valence-electron chi connectivity index (χ4n) is 4.14. The maximum Gasteiger partial charge on any atom is 0.416 e. The molecule has 0 bridgehead atoms. The number of nitrogens with one attached hydrogen (secondary N) is 1. The number of nitrogens with zero attached hydrogens (tertiary/aromatic N) is 2. The van der Waals surface area contributed by atoms with Gasteiger partial charge in [-0.3, -0.25) is 4.79 Å². The molecule has 1 aliphatic heterocycles. The molecule has 5 nitrogen and oxygen atoms in total. The highest BCUT2D eigenvalue weighted by molar-refractivity contribution is 5.55. The van der Waals surface area contributed by atoms with Crippen LogP contribution in [0, 0.1) is 0 Å². The van der Waals surface area contributed by atoms with Crippen molar-refractivity contribution in [2.75, 3.05) is 5.32 Å². The van der Waals surface area contributed by atoms with Gasteiger partial charge in [0.2, 0.25) is 0 Å². The molecule has 1 N–H and O–H groups in total. The first kappa shape index (κ1) is 25.3. The van der Waals surface area contributed by atoms with Crippen LogP contribution in [0.15, 0.2) is 82.2 Å². The summed E-state index contributed by atoms with van der Waals surface area (Å²) in [5.41, 5.74) is 3.21. The second kappa shape index (κ2) is 10.8. The zero-order chi connectivity index (χ0) is 25.7. The number of anilines is 1.